The van der Waals surface area contributed by atoms with Gasteiger partial charge in [0, 0.05) is 50.7 Å². The Hall–Kier alpha value is -2.59. The van der Waals surface area contributed by atoms with Crippen LogP contribution in [-0.2, 0) is 29.0 Å². The molecule has 2 aromatic carbocycles. The molecule has 0 N–H and O–H groups in total. The van der Waals surface area contributed by atoms with Gasteiger partial charge in [0.15, 0.2) is 0 Å². The maximum atomic E-state index is 13.4. The predicted octanol–water partition coefficient (Wildman–Crippen LogP) is 7.39. The van der Waals surface area contributed by atoms with Crippen LogP contribution in [0.25, 0.3) is 0 Å². The Morgan fingerprint density at radius 1 is 0.818 bits per heavy atom. The molecule has 44 heavy (non-hydrogen) atoms. The Morgan fingerprint density at radius 3 is 2.05 bits per heavy atom. The van der Waals surface area contributed by atoms with Gasteiger partial charge < -0.3 is 9.80 Å². The molecule has 4 nitrogen and oxygen atoms in total. The average molecular weight is 624 g/mol. The van der Waals surface area contributed by atoms with Crippen molar-refractivity contribution >= 4 is 5.91 Å². The molecule has 1 amide bonds. The van der Waals surface area contributed by atoms with Crippen molar-refractivity contribution < 1.29 is 31.1 Å². The second kappa shape index (κ2) is 13.0. The van der Waals surface area contributed by atoms with E-state index in [-0.39, 0.29) is 17.0 Å². The SMILES string of the molecule is Cc1ccc(C2(CCN3CCN(C4CCCCC4)CC3)CCN(C(=O)Cc3cc(C(F)(F)F)cc(C(F)(F)F)c3)C2)cc1C. The Morgan fingerprint density at radius 2 is 1.45 bits per heavy atom. The minimum Gasteiger partial charge on any atom is -0.341 e. The zero-order valence-corrected chi connectivity index (χ0v) is 25.7. The fourth-order valence-electron chi connectivity index (χ4n) is 7.32. The minimum absolute atomic E-state index is 0.101. The molecule has 1 unspecified atom stereocenters. The molecule has 1 atom stereocenters. The van der Waals surface area contributed by atoms with Crippen molar-refractivity contribution in [3.05, 3.63) is 69.8 Å². The first kappa shape index (κ1) is 32.8. The summed E-state index contributed by atoms with van der Waals surface area (Å²) in [4.78, 5) is 20.2. The Labute approximate surface area is 256 Å². The van der Waals surface area contributed by atoms with Crippen LogP contribution in [0.2, 0.25) is 0 Å². The molecule has 2 saturated heterocycles. The second-order valence-electron chi connectivity index (χ2n) is 13.2. The molecule has 10 heteroatoms. The van der Waals surface area contributed by atoms with Gasteiger partial charge in [0.05, 0.1) is 17.5 Å². The Bertz CT molecular complexity index is 1280. The van der Waals surface area contributed by atoms with Crippen molar-refractivity contribution in [1.82, 2.24) is 14.7 Å². The van der Waals surface area contributed by atoms with Gasteiger partial charge in [0.2, 0.25) is 5.91 Å². The van der Waals surface area contributed by atoms with Crippen molar-refractivity contribution in [3.63, 3.8) is 0 Å². The summed E-state index contributed by atoms with van der Waals surface area (Å²) < 4.78 is 80.5. The molecular formula is C34H43F6N3O. The lowest BCUT2D eigenvalue weighted by Crippen LogP contribution is -2.51. The summed E-state index contributed by atoms with van der Waals surface area (Å²) in [5.74, 6) is -0.454. The third kappa shape index (κ3) is 7.61. The highest BCUT2D eigenvalue weighted by atomic mass is 19.4. The molecule has 1 saturated carbocycles. The zero-order valence-electron chi connectivity index (χ0n) is 25.7. The third-order valence-corrected chi connectivity index (χ3v) is 10.2. The number of hydrogen-bond acceptors (Lipinski definition) is 3. The van der Waals surface area contributed by atoms with Crippen LogP contribution in [0.4, 0.5) is 26.3 Å². The molecule has 3 aliphatic rings. The van der Waals surface area contributed by atoms with Crippen molar-refractivity contribution in [2.24, 2.45) is 0 Å². The Kier molecular flexibility index (Phi) is 9.71. The second-order valence-corrected chi connectivity index (χ2v) is 13.2. The highest BCUT2D eigenvalue weighted by molar-refractivity contribution is 5.79. The van der Waals surface area contributed by atoms with Gasteiger partial charge in [-0.1, -0.05) is 37.5 Å². The van der Waals surface area contributed by atoms with Crippen molar-refractivity contribution in [2.45, 2.75) is 89.0 Å². The number of carbonyl (C=O) groups is 1. The minimum atomic E-state index is -4.95. The van der Waals surface area contributed by atoms with Crippen LogP contribution in [0.5, 0.6) is 0 Å². The smallest absolute Gasteiger partial charge is 0.341 e. The molecule has 2 aliphatic heterocycles. The topological polar surface area (TPSA) is 26.8 Å². The van der Waals surface area contributed by atoms with E-state index in [2.05, 4.69) is 34.9 Å². The van der Waals surface area contributed by atoms with Gasteiger partial charge in [0.25, 0.3) is 0 Å². The lowest BCUT2D eigenvalue weighted by atomic mass is 9.76. The number of benzene rings is 2. The van der Waals surface area contributed by atoms with Crippen LogP contribution >= 0.6 is 0 Å². The number of alkyl halides is 6. The van der Waals surface area contributed by atoms with Crippen LogP contribution < -0.4 is 0 Å². The first-order valence-electron chi connectivity index (χ1n) is 15.8. The van der Waals surface area contributed by atoms with Crippen molar-refractivity contribution in [1.29, 1.82) is 0 Å². The van der Waals surface area contributed by atoms with Crippen molar-refractivity contribution in [2.75, 3.05) is 45.8 Å². The number of piperazine rings is 1. The fourth-order valence-corrected chi connectivity index (χ4v) is 7.32. The van der Waals surface area contributed by atoms with Gasteiger partial charge in [-0.2, -0.15) is 26.3 Å². The lowest BCUT2D eigenvalue weighted by Gasteiger charge is -2.42. The van der Waals surface area contributed by atoms with E-state index >= 15 is 0 Å². The number of hydrogen-bond donors (Lipinski definition) is 0. The van der Waals surface area contributed by atoms with E-state index in [1.807, 2.05) is 6.92 Å². The molecule has 0 bridgehead atoms. The van der Waals surface area contributed by atoms with E-state index in [1.165, 1.54) is 37.7 Å². The van der Waals surface area contributed by atoms with Gasteiger partial charge in [-0.05, 0) is 86.5 Å². The molecule has 0 spiro atoms. The van der Waals surface area contributed by atoms with E-state index in [1.54, 1.807) is 4.90 Å². The maximum Gasteiger partial charge on any atom is 0.416 e. The molecule has 0 radical (unpaired) electrons. The normalized spacial score (nSPS) is 23.0. The van der Waals surface area contributed by atoms with Crippen molar-refractivity contribution in [3.8, 4) is 0 Å². The number of rotatable bonds is 7. The summed E-state index contributed by atoms with van der Waals surface area (Å²) in [5, 5.41) is 0. The van der Waals surface area contributed by atoms with E-state index < -0.39 is 35.8 Å². The molecule has 2 heterocycles. The third-order valence-electron chi connectivity index (χ3n) is 10.2. The summed E-state index contributed by atoms with van der Waals surface area (Å²) in [6.07, 6.45) is -2.35. The highest BCUT2D eigenvalue weighted by Gasteiger charge is 2.42. The molecular weight excluding hydrogens is 580 g/mol. The van der Waals surface area contributed by atoms with Crippen LogP contribution in [-0.4, -0.2) is 72.5 Å². The van der Waals surface area contributed by atoms with Gasteiger partial charge in [-0.3, -0.25) is 9.69 Å². The summed E-state index contributed by atoms with van der Waals surface area (Å²) in [6, 6.07) is 8.49. The van der Waals surface area contributed by atoms with Gasteiger partial charge in [0.1, 0.15) is 0 Å². The van der Waals surface area contributed by atoms with E-state index in [4.69, 9.17) is 0 Å². The first-order valence-corrected chi connectivity index (χ1v) is 15.8. The lowest BCUT2D eigenvalue weighted by molar-refractivity contribution is -0.143. The van der Waals surface area contributed by atoms with Gasteiger partial charge in [-0.15, -0.1) is 0 Å². The predicted molar refractivity (Wildman–Crippen MR) is 158 cm³/mol. The number of nitrogens with zero attached hydrogens (tertiary/aromatic N) is 3. The fraction of sp³-hybridized carbons (Fsp3) is 0.618. The first-order chi connectivity index (χ1) is 20.7. The van der Waals surface area contributed by atoms with E-state index in [0.717, 1.165) is 50.3 Å². The van der Waals surface area contributed by atoms with Crippen LogP contribution in [0, 0.1) is 13.8 Å². The molecule has 3 fully saturated rings. The number of likely N-dealkylation sites (tertiary alicyclic amines) is 1. The number of halogens is 6. The van der Waals surface area contributed by atoms with Crippen LogP contribution in [0.3, 0.4) is 0 Å². The monoisotopic (exact) mass is 623 g/mol. The summed E-state index contributed by atoms with van der Waals surface area (Å²) in [6.45, 7) is 9.89. The van der Waals surface area contributed by atoms with Crippen LogP contribution in [0.1, 0.15) is 78.3 Å². The summed E-state index contributed by atoms with van der Waals surface area (Å²) in [7, 11) is 0. The quantitative estimate of drug-likeness (QED) is 0.301. The van der Waals surface area contributed by atoms with E-state index in [9.17, 15) is 31.1 Å². The highest BCUT2D eigenvalue weighted by Crippen LogP contribution is 2.40. The molecule has 1 aliphatic carbocycles. The molecule has 2 aromatic rings. The molecule has 242 valence electrons. The largest absolute Gasteiger partial charge is 0.416 e. The van der Waals surface area contributed by atoms with E-state index in [0.29, 0.717) is 37.7 Å². The maximum absolute atomic E-state index is 13.4. The number of amides is 1. The molecule has 0 aromatic heterocycles. The standard InChI is InChI=1S/C34H43F6N3O/c1-24-8-9-27(18-25(24)2)32(10-12-41-14-16-42(17-15-41)30-6-4-3-5-7-30)11-13-43(23-32)31(44)21-26-19-28(33(35,36)37)22-29(20-26)34(38,39)40/h8-9,18-20,22,30H,3-7,10-17,21,23H2,1-2H3. The summed E-state index contributed by atoms with van der Waals surface area (Å²) >= 11 is 0. The Balaban J connectivity index is 1.29. The number of aryl methyl sites for hydroxylation is 2. The van der Waals surface area contributed by atoms with Crippen LogP contribution in [0.15, 0.2) is 36.4 Å². The average Bonchev–Trinajstić information content (AvgIpc) is 3.43. The zero-order chi connectivity index (χ0) is 31.7. The molecule has 5 rings (SSSR count). The summed E-state index contributed by atoms with van der Waals surface area (Å²) in [5.41, 5.74) is 0.0377. The van der Waals surface area contributed by atoms with Gasteiger partial charge >= 0.3 is 12.4 Å². The number of carbonyl (C=O) groups excluding carboxylic acids is 1. The van der Waals surface area contributed by atoms with Gasteiger partial charge in [-0.25, -0.2) is 0 Å².